The average Bonchev–Trinajstić information content (AvgIpc) is 3.03. The van der Waals surface area contributed by atoms with Crippen LogP contribution < -0.4 is 10.5 Å². The van der Waals surface area contributed by atoms with E-state index in [0.29, 0.717) is 23.4 Å². The van der Waals surface area contributed by atoms with Crippen LogP contribution in [0, 0.1) is 6.92 Å². The Morgan fingerprint density at radius 3 is 2.78 bits per heavy atom. The second-order valence-electron chi connectivity index (χ2n) is 5.13. The first-order valence-corrected chi connectivity index (χ1v) is 8.36. The number of sulfonamides is 1. The van der Waals surface area contributed by atoms with Crippen molar-refractivity contribution in [2.24, 2.45) is 7.05 Å². The summed E-state index contributed by atoms with van der Waals surface area (Å²) in [5.41, 5.74) is 1.44. The third-order valence-electron chi connectivity index (χ3n) is 3.42. The van der Waals surface area contributed by atoms with Gasteiger partial charge in [-0.05, 0) is 19.1 Å². The van der Waals surface area contributed by atoms with Gasteiger partial charge >= 0.3 is 5.76 Å². The molecule has 3 aromatic rings. The fourth-order valence-electron chi connectivity index (χ4n) is 2.21. The van der Waals surface area contributed by atoms with Gasteiger partial charge in [-0.25, -0.2) is 17.9 Å². The third kappa shape index (κ3) is 3.06. The predicted octanol–water partition coefficient (Wildman–Crippen LogP) is 0.949. The zero-order valence-corrected chi connectivity index (χ0v) is 13.4. The molecule has 0 saturated heterocycles. The Kier molecular flexibility index (Phi) is 3.82. The number of benzene rings is 1. The topological polar surface area (TPSA) is 107 Å². The minimum atomic E-state index is -3.70. The van der Waals surface area contributed by atoms with Gasteiger partial charge in [0.1, 0.15) is 5.76 Å². The Balaban J connectivity index is 1.77. The molecule has 0 atom stereocenters. The monoisotopic (exact) mass is 337 g/mol. The van der Waals surface area contributed by atoms with Gasteiger partial charge in [0, 0.05) is 32.1 Å². The first-order valence-electron chi connectivity index (χ1n) is 6.88. The Hall–Kier alpha value is -2.39. The Bertz CT molecular complexity index is 1010. The summed E-state index contributed by atoms with van der Waals surface area (Å²) in [6, 6.07) is 6.05. The molecule has 0 unspecified atom stereocenters. The number of aryl methyl sites for hydroxylation is 2. The van der Waals surface area contributed by atoms with Gasteiger partial charge < -0.3 is 8.94 Å². The van der Waals surface area contributed by atoms with Crippen molar-refractivity contribution in [2.45, 2.75) is 18.2 Å². The molecule has 122 valence electrons. The maximum atomic E-state index is 12.3. The molecular weight excluding hydrogens is 322 g/mol. The SMILES string of the molecule is Cc1cc(CCNS(=O)(=O)c2ccc3c(c2)oc(=O)n3C)no1. The van der Waals surface area contributed by atoms with Crippen LogP contribution in [0.4, 0.5) is 0 Å². The second kappa shape index (κ2) is 5.67. The van der Waals surface area contributed by atoms with Crippen LogP contribution in [0.25, 0.3) is 11.1 Å². The summed E-state index contributed by atoms with van der Waals surface area (Å²) < 4.78 is 38.3. The maximum absolute atomic E-state index is 12.3. The number of fused-ring (bicyclic) bond motifs is 1. The molecular formula is C14H15N3O5S. The molecule has 0 fully saturated rings. The van der Waals surface area contributed by atoms with E-state index in [-0.39, 0.29) is 17.0 Å². The zero-order valence-electron chi connectivity index (χ0n) is 12.6. The molecule has 3 rings (SSSR count). The number of aromatic nitrogens is 2. The van der Waals surface area contributed by atoms with Gasteiger partial charge in [-0.15, -0.1) is 0 Å². The molecule has 0 spiro atoms. The van der Waals surface area contributed by atoms with Crippen LogP contribution in [0.1, 0.15) is 11.5 Å². The van der Waals surface area contributed by atoms with Gasteiger partial charge in [0.05, 0.1) is 16.1 Å². The lowest BCUT2D eigenvalue weighted by Gasteiger charge is -2.05. The van der Waals surface area contributed by atoms with E-state index in [9.17, 15) is 13.2 Å². The summed E-state index contributed by atoms with van der Waals surface area (Å²) in [7, 11) is -2.14. The van der Waals surface area contributed by atoms with Gasteiger partial charge in [-0.3, -0.25) is 4.57 Å². The zero-order chi connectivity index (χ0) is 16.6. The molecule has 2 aromatic heterocycles. The highest BCUT2D eigenvalue weighted by molar-refractivity contribution is 7.89. The molecule has 9 heteroatoms. The van der Waals surface area contributed by atoms with Gasteiger partial charge in [0.15, 0.2) is 5.58 Å². The summed E-state index contributed by atoms with van der Waals surface area (Å²) >= 11 is 0. The minimum absolute atomic E-state index is 0.0377. The largest absolute Gasteiger partial charge is 0.419 e. The molecule has 0 aliphatic rings. The van der Waals surface area contributed by atoms with Crippen LogP contribution >= 0.6 is 0 Å². The van der Waals surface area contributed by atoms with Crippen molar-refractivity contribution >= 4 is 21.1 Å². The molecule has 0 radical (unpaired) electrons. The number of nitrogens with one attached hydrogen (secondary N) is 1. The number of rotatable bonds is 5. The lowest BCUT2D eigenvalue weighted by Crippen LogP contribution is -2.26. The fourth-order valence-corrected chi connectivity index (χ4v) is 3.26. The van der Waals surface area contributed by atoms with E-state index in [4.69, 9.17) is 8.94 Å². The lowest BCUT2D eigenvalue weighted by atomic mass is 10.3. The number of oxazole rings is 1. The standard InChI is InChI=1S/C14H15N3O5S/c1-9-7-10(16-22-9)5-6-15-23(19,20)11-3-4-12-13(8-11)21-14(18)17(12)2/h3-4,7-8,15H,5-6H2,1-2H3. The van der Waals surface area contributed by atoms with Crippen molar-refractivity contribution < 1.29 is 17.4 Å². The Morgan fingerprint density at radius 2 is 2.09 bits per heavy atom. The molecule has 2 heterocycles. The summed E-state index contributed by atoms with van der Waals surface area (Å²) in [5, 5.41) is 3.80. The van der Waals surface area contributed by atoms with Crippen LogP contribution in [0.3, 0.4) is 0 Å². The van der Waals surface area contributed by atoms with E-state index in [0.717, 1.165) is 0 Å². The Labute approximate surface area is 131 Å². The van der Waals surface area contributed by atoms with Crippen LogP contribution in [-0.4, -0.2) is 24.7 Å². The van der Waals surface area contributed by atoms with E-state index in [1.165, 1.54) is 22.8 Å². The minimum Gasteiger partial charge on any atom is -0.408 e. The highest BCUT2D eigenvalue weighted by atomic mass is 32.2. The van der Waals surface area contributed by atoms with E-state index >= 15 is 0 Å². The summed E-state index contributed by atoms with van der Waals surface area (Å²) in [6.45, 7) is 1.95. The van der Waals surface area contributed by atoms with E-state index in [1.54, 1.807) is 20.0 Å². The van der Waals surface area contributed by atoms with Crippen molar-refractivity contribution in [2.75, 3.05) is 6.54 Å². The third-order valence-corrected chi connectivity index (χ3v) is 4.88. The van der Waals surface area contributed by atoms with Crippen LogP contribution in [0.15, 0.2) is 42.9 Å². The van der Waals surface area contributed by atoms with Crippen molar-refractivity contribution in [1.29, 1.82) is 0 Å². The van der Waals surface area contributed by atoms with Gasteiger partial charge in [0.2, 0.25) is 10.0 Å². The first-order chi connectivity index (χ1) is 10.9. The van der Waals surface area contributed by atoms with E-state index in [2.05, 4.69) is 9.88 Å². The number of hydrogen-bond acceptors (Lipinski definition) is 6. The quantitative estimate of drug-likeness (QED) is 0.743. The molecule has 0 amide bonds. The van der Waals surface area contributed by atoms with Gasteiger partial charge in [-0.2, -0.15) is 0 Å². The van der Waals surface area contributed by atoms with Gasteiger partial charge in [0.25, 0.3) is 0 Å². The molecule has 0 saturated carbocycles. The summed E-state index contributed by atoms with van der Waals surface area (Å²) in [6.07, 6.45) is 0.416. The number of nitrogens with zero attached hydrogens (tertiary/aromatic N) is 2. The number of hydrogen-bond donors (Lipinski definition) is 1. The van der Waals surface area contributed by atoms with E-state index in [1.807, 2.05) is 0 Å². The molecule has 1 N–H and O–H groups in total. The van der Waals surface area contributed by atoms with Crippen molar-refractivity contribution in [3.63, 3.8) is 0 Å². The lowest BCUT2D eigenvalue weighted by molar-refractivity contribution is 0.390. The van der Waals surface area contributed by atoms with Gasteiger partial charge in [-0.1, -0.05) is 5.16 Å². The normalized spacial score (nSPS) is 12.1. The summed E-state index contributed by atoms with van der Waals surface area (Å²) in [5.74, 6) is 0.135. The molecule has 0 aliphatic carbocycles. The van der Waals surface area contributed by atoms with Crippen molar-refractivity contribution in [3.05, 3.63) is 46.3 Å². The van der Waals surface area contributed by atoms with Crippen molar-refractivity contribution in [3.8, 4) is 0 Å². The van der Waals surface area contributed by atoms with Crippen LogP contribution in [0.5, 0.6) is 0 Å². The predicted molar refractivity (Wildman–Crippen MR) is 81.6 cm³/mol. The summed E-state index contributed by atoms with van der Waals surface area (Å²) in [4.78, 5) is 11.5. The highest BCUT2D eigenvalue weighted by Crippen LogP contribution is 2.17. The van der Waals surface area contributed by atoms with Crippen LogP contribution in [-0.2, 0) is 23.5 Å². The molecule has 1 aromatic carbocycles. The molecule has 23 heavy (non-hydrogen) atoms. The molecule has 8 nitrogen and oxygen atoms in total. The van der Waals surface area contributed by atoms with Crippen LogP contribution in [0.2, 0.25) is 0 Å². The Morgan fingerprint density at radius 1 is 1.30 bits per heavy atom. The second-order valence-corrected chi connectivity index (χ2v) is 6.90. The fraction of sp³-hybridized carbons (Fsp3) is 0.286. The first kappa shape index (κ1) is 15.5. The average molecular weight is 337 g/mol. The highest BCUT2D eigenvalue weighted by Gasteiger charge is 2.16. The van der Waals surface area contributed by atoms with Crippen molar-refractivity contribution in [1.82, 2.24) is 14.4 Å². The molecule has 0 bridgehead atoms. The molecule has 0 aliphatic heterocycles. The maximum Gasteiger partial charge on any atom is 0.419 e. The smallest absolute Gasteiger partial charge is 0.408 e. The van der Waals surface area contributed by atoms with E-state index < -0.39 is 15.8 Å².